The van der Waals surface area contributed by atoms with Crippen molar-refractivity contribution in [1.29, 1.82) is 0 Å². The SMILES string of the molecule is COc1cccc(CC2CCCS2)c1N. The molecule has 0 aliphatic carbocycles. The number of para-hydroxylation sites is 1. The molecule has 1 aliphatic rings. The summed E-state index contributed by atoms with van der Waals surface area (Å²) in [6, 6.07) is 6.04. The molecule has 1 saturated heterocycles. The van der Waals surface area contributed by atoms with Crippen molar-refractivity contribution in [3.8, 4) is 5.75 Å². The average molecular weight is 223 g/mol. The van der Waals surface area contributed by atoms with E-state index < -0.39 is 0 Å². The average Bonchev–Trinajstić information content (AvgIpc) is 2.74. The lowest BCUT2D eigenvalue weighted by Crippen LogP contribution is -2.05. The number of thioether (sulfide) groups is 1. The molecule has 0 spiro atoms. The van der Waals surface area contributed by atoms with Gasteiger partial charge in [0.15, 0.2) is 0 Å². The molecule has 0 saturated carbocycles. The van der Waals surface area contributed by atoms with Gasteiger partial charge in [0, 0.05) is 5.25 Å². The minimum absolute atomic E-state index is 0.749. The van der Waals surface area contributed by atoms with Gasteiger partial charge < -0.3 is 10.5 Å². The molecule has 1 aromatic rings. The lowest BCUT2D eigenvalue weighted by Gasteiger charge is -2.13. The Morgan fingerprint density at radius 1 is 1.53 bits per heavy atom. The Morgan fingerprint density at radius 3 is 3.07 bits per heavy atom. The van der Waals surface area contributed by atoms with Gasteiger partial charge in [-0.2, -0.15) is 11.8 Å². The first-order valence-corrected chi connectivity index (χ1v) is 6.39. The molecule has 1 unspecified atom stereocenters. The molecule has 2 nitrogen and oxygen atoms in total. The second-order valence-corrected chi connectivity index (χ2v) is 5.28. The fraction of sp³-hybridized carbons (Fsp3) is 0.500. The van der Waals surface area contributed by atoms with Crippen LogP contribution in [0, 0.1) is 0 Å². The number of methoxy groups -OCH3 is 1. The van der Waals surface area contributed by atoms with E-state index in [0.717, 1.165) is 23.1 Å². The van der Waals surface area contributed by atoms with Crippen LogP contribution in [0.3, 0.4) is 0 Å². The zero-order chi connectivity index (χ0) is 10.7. The molecule has 1 aliphatic heterocycles. The Kier molecular flexibility index (Phi) is 3.41. The van der Waals surface area contributed by atoms with Gasteiger partial charge in [-0.25, -0.2) is 0 Å². The van der Waals surface area contributed by atoms with E-state index in [0.29, 0.717) is 0 Å². The molecule has 3 heteroatoms. The molecule has 0 bridgehead atoms. The van der Waals surface area contributed by atoms with Crippen LogP contribution in [0.15, 0.2) is 18.2 Å². The fourth-order valence-electron chi connectivity index (χ4n) is 2.00. The second-order valence-electron chi connectivity index (χ2n) is 3.87. The predicted molar refractivity (Wildman–Crippen MR) is 66.6 cm³/mol. The Labute approximate surface area is 95.2 Å². The van der Waals surface area contributed by atoms with Crippen LogP contribution < -0.4 is 10.5 Å². The maximum absolute atomic E-state index is 6.04. The Hall–Kier alpha value is -0.830. The van der Waals surface area contributed by atoms with Crippen LogP contribution in [0.25, 0.3) is 0 Å². The van der Waals surface area contributed by atoms with Crippen molar-refractivity contribution in [1.82, 2.24) is 0 Å². The summed E-state index contributed by atoms with van der Waals surface area (Å²) in [5, 5.41) is 0.749. The minimum Gasteiger partial charge on any atom is -0.495 e. The van der Waals surface area contributed by atoms with Crippen LogP contribution in [0.5, 0.6) is 5.75 Å². The zero-order valence-electron chi connectivity index (χ0n) is 9.03. The highest BCUT2D eigenvalue weighted by Gasteiger charge is 2.17. The Bertz CT molecular complexity index is 334. The summed E-state index contributed by atoms with van der Waals surface area (Å²) in [6.07, 6.45) is 3.74. The number of benzene rings is 1. The first-order valence-electron chi connectivity index (χ1n) is 5.34. The van der Waals surface area contributed by atoms with E-state index in [-0.39, 0.29) is 0 Å². The summed E-state index contributed by atoms with van der Waals surface area (Å²) in [4.78, 5) is 0. The van der Waals surface area contributed by atoms with Crippen LogP contribution in [0.4, 0.5) is 5.69 Å². The van der Waals surface area contributed by atoms with E-state index in [1.807, 2.05) is 12.1 Å². The molecule has 1 aromatic carbocycles. The van der Waals surface area contributed by atoms with E-state index in [1.54, 1.807) is 7.11 Å². The van der Waals surface area contributed by atoms with Gasteiger partial charge in [-0.15, -0.1) is 0 Å². The van der Waals surface area contributed by atoms with Gasteiger partial charge in [-0.1, -0.05) is 12.1 Å². The van der Waals surface area contributed by atoms with Crippen molar-refractivity contribution in [3.63, 3.8) is 0 Å². The molecule has 2 N–H and O–H groups in total. The van der Waals surface area contributed by atoms with Crippen molar-refractivity contribution < 1.29 is 4.74 Å². The van der Waals surface area contributed by atoms with Crippen LogP contribution >= 0.6 is 11.8 Å². The summed E-state index contributed by atoms with van der Waals surface area (Å²) < 4.78 is 5.22. The molecule has 1 heterocycles. The molecule has 0 radical (unpaired) electrons. The van der Waals surface area contributed by atoms with Crippen molar-refractivity contribution >= 4 is 17.4 Å². The van der Waals surface area contributed by atoms with Gasteiger partial charge >= 0.3 is 0 Å². The first-order chi connectivity index (χ1) is 7.31. The van der Waals surface area contributed by atoms with Gasteiger partial charge in [0.2, 0.25) is 0 Å². The first kappa shape index (κ1) is 10.7. The van der Waals surface area contributed by atoms with Gasteiger partial charge in [-0.3, -0.25) is 0 Å². The van der Waals surface area contributed by atoms with Crippen molar-refractivity contribution in [2.45, 2.75) is 24.5 Å². The van der Waals surface area contributed by atoms with E-state index in [9.17, 15) is 0 Å². The quantitative estimate of drug-likeness (QED) is 0.800. The third-order valence-electron chi connectivity index (χ3n) is 2.85. The minimum atomic E-state index is 0.749. The topological polar surface area (TPSA) is 35.2 Å². The highest BCUT2D eigenvalue weighted by Crippen LogP contribution is 2.32. The lowest BCUT2D eigenvalue weighted by atomic mass is 10.0. The molecule has 15 heavy (non-hydrogen) atoms. The van der Waals surface area contributed by atoms with Crippen LogP contribution in [0.1, 0.15) is 18.4 Å². The number of nitrogen functional groups attached to an aromatic ring is 1. The van der Waals surface area contributed by atoms with Crippen molar-refractivity contribution in [3.05, 3.63) is 23.8 Å². The van der Waals surface area contributed by atoms with Crippen molar-refractivity contribution in [2.24, 2.45) is 0 Å². The highest BCUT2D eigenvalue weighted by atomic mass is 32.2. The number of ether oxygens (including phenoxy) is 1. The maximum atomic E-state index is 6.04. The molecule has 0 aromatic heterocycles. The summed E-state index contributed by atoms with van der Waals surface area (Å²) >= 11 is 2.06. The van der Waals surface area contributed by atoms with E-state index in [4.69, 9.17) is 10.5 Å². The molecule has 82 valence electrons. The maximum Gasteiger partial charge on any atom is 0.142 e. The fourth-order valence-corrected chi connectivity index (χ4v) is 3.29. The standard InChI is InChI=1S/C12H17NOS/c1-14-11-6-2-4-9(12(11)13)8-10-5-3-7-15-10/h2,4,6,10H,3,5,7-8,13H2,1H3. The van der Waals surface area contributed by atoms with E-state index in [1.165, 1.54) is 24.2 Å². The number of hydrogen-bond acceptors (Lipinski definition) is 3. The largest absolute Gasteiger partial charge is 0.495 e. The normalized spacial score (nSPS) is 20.5. The number of rotatable bonds is 3. The molecular formula is C12H17NOS. The third-order valence-corrected chi connectivity index (χ3v) is 4.25. The van der Waals surface area contributed by atoms with Gasteiger partial charge in [0.1, 0.15) is 5.75 Å². The van der Waals surface area contributed by atoms with Gasteiger partial charge in [0.05, 0.1) is 12.8 Å². The van der Waals surface area contributed by atoms with Gasteiger partial charge in [-0.05, 0) is 36.6 Å². The van der Waals surface area contributed by atoms with Crippen LogP contribution in [-0.2, 0) is 6.42 Å². The Morgan fingerprint density at radius 2 is 2.40 bits per heavy atom. The summed E-state index contributed by atoms with van der Waals surface area (Å²) in [5.74, 6) is 2.10. The lowest BCUT2D eigenvalue weighted by molar-refractivity contribution is 0.416. The second kappa shape index (κ2) is 4.79. The summed E-state index contributed by atoms with van der Waals surface area (Å²) in [6.45, 7) is 0. The third kappa shape index (κ3) is 2.40. The predicted octanol–water partition coefficient (Wildman–Crippen LogP) is 2.72. The van der Waals surface area contributed by atoms with Gasteiger partial charge in [0.25, 0.3) is 0 Å². The smallest absolute Gasteiger partial charge is 0.142 e. The molecule has 1 fully saturated rings. The monoisotopic (exact) mass is 223 g/mol. The number of hydrogen-bond donors (Lipinski definition) is 1. The molecule has 2 rings (SSSR count). The number of anilines is 1. The van der Waals surface area contributed by atoms with E-state index in [2.05, 4.69) is 17.8 Å². The number of nitrogens with two attached hydrogens (primary N) is 1. The highest BCUT2D eigenvalue weighted by molar-refractivity contribution is 8.00. The molecule has 0 amide bonds. The van der Waals surface area contributed by atoms with E-state index >= 15 is 0 Å². The molecule has 1 atom stereocenters. The van der Waals surface area contributed by atoms with Crippen molar-refractivity contribution in [2.75, 3.05) is 18.6 Å². The van der Waals surface area contributed by atoms with Crippen LogP contribution in [0.2, 0.25) is 0 Å². The summed E-state index contributed by atoms with van der Waals surface area (Å²) in [5.41, 5.74) is 8.08. The van der Waals surface area contributed by atoms with Crippen LogP contribution in [-0.4, -0.2) is 18.1 Å². The zero-order valence-corrected chi connectivity index (χ0v) is 9.85. The Balaban J connectivity index is 2.13. The summed E-state index contributed by atoms with van der Waals surface area (Å²) in [7, 11) is 1.67. The molecular weight excluding hydrogens is 206 g/mol.